The third-order valence-corrected chi connectivity index (χ3v) is 10.5. The van der Waals surface area contributed by atoms with Gasteiger partial charge >= 0.3 is 5.97 Å². The summed E-state index contributed by atoms with van der Waals surface area (Å²) in [6.07, 6.45) is 9.70. The van der Waals surface area contributed by atoms with Crippen LogP contribution in [0.25, 0.3) is 11.1 Å². The van der Waals surface area contributed by atoms with Gasteiger partial charge in [-0.1, -0.05) is 44.2 Å². The third-order valence-electron chi connectivity index (χ3n) is 10.5. The molecule has 1 aromatic heterocycles. The molecule has 2 aliphatic carbocycles. The van der Waals surface area contributed by atoms with Gasteiger partial charge in [0, 0.05) is 55.2 Å². The maximum Gasteiger partial charge on any atom is 0.337 e. The number of aliphatic carboxylic acids is 1. The van der Waals surface area contributed by atoms with Crippen LogP contribution < -0.4 is 4.90 Å². The van der Waals surface area contributed by atoms with E-state index >= 15 is 0 Å². The first kappa shape index (κ1) is 30.3. The zero-order chi connectivity index (χ0) is 30.7. The number of allylic oxidation sites excluding steroid dienone is 2. The Labute approximate surface area is 258 Å². The normalized spacial score (nSPS) is 25.7. The Hall–Kier alpha value is -2.70. The van der Waals surface area contributed by atoms with Crippen molar-refractivity contribution in [2.75, 3.05) is 31.1 Å². The minimum atomic E-state index is -1.09. The second-order valence-corrected chi connectivity index (χ2v) is 15.5. The Kier molecular flexibility index (Phi) is 8.00. The molecular weight excluding hydrogens is 534 g/mol. The summed E-state index contributed by atoms with van der Waals surface area (Å²) in [7, 11) is 0. The van der Waals surface area contributed by atoms with Gasteiger partial charge in [0.05, 0.1) is 11.3 Å². The highest BCUT2D eigenvalue weighted by Gasteiger charge is 2.38. The maximum atomic E-state index is 12.8. The molecule has 43 heavy (non-hydrogen) atoms. The fourth-order valence-corrected chi connectivity index (χ4v) is 8.11. The number of nitrogens with zero attached hydrogens (tertiary/aromatic N) is 3. The van der Waals surface area contributed by atoms with Crippen molar-refractivity contribution < 1.29 is 14.6 Å². The van der Waals surface area contributed by atoms with E-state index in [1.807, 2.05) is 27.7 Å². The van der Waals surface area contributed by atoms with E-state index in [0.717, 1.165) is 91.4 Å². The summed E-state index contributed by atoms with van der Waals surface area (Å²) in [4.78, 5) is 22.9. The van der Waals surface area contributed by atoms with Crippen LogP contribution in [0.5, 0.6) is 0 Å². The molecule has 2 bridgehead atoms. The van der Waals surface area contributed by atoms with E-state index in [1.165, 1.54) is 30.5 Å². The number of hydrogen-bond donors (Lipinski definition) is 1. The van der Waals surface area contributed by atoms with Gasteiger partial charge in [0.2, 0.25) is 0 Å². The number of benzene rings is 1. The number of anilines is 1. The summed E-state index contributed by atoms with van der Waals surface area (Å²) in [5.41, 5.74) is 8.07. The number of pyridine rings is 1. The van der Waals surface area contributed by atoms with Crippen LogP contribution >= 0.6 is 0 Å². The van der Waals surface area contributed by atoms with Gasteiger partial charge < -0.3 is 14.7 Å². The van der Waals surface area contributed by atoms with E-state index < -0.39 is 17.7 Å². The van der Waals surface area contributed by atoms with Crippen LogP contribution in [0.2, 0.25) is 0 Å². The summed E-state index contributed by atoms with van der Waals surface area (Å²) in [5, 5.41) is 10.5. The van der Waals surface area contributed by atoms with Crippen LogP contribution in [-0.4, -0.2) is 52.7 Å². The van der Waals surface area contributed by atoms with Crippen molar-refractivity contribution in [3.05, 3.63) is 58.4 Å². The molecule has 0 amide bonds. The van der Waals surface area contributed by atoms with Crippen molar-refractivity contribution in [3.63, 3.8) is 0 Å². The minimum absolute atomic E-state index is 0.272. The van der Waals surface area contributed by atoms with Gasteiger partial charge in [0.15, 0.2) is 6.10 Å². The molecule has 0 radical (unpaired) electrons. The minimum Gasteiger partial charge on any atom is -0.479 e. The van der Waals surface area contributed by atoms with Crippen LogP contribution in [0, 0.1) is 37.0 Å². The van der Waals surface area contributed by atoms with E-state index in [-0.39, 0.29) is 5.41 Å². The number of ether oxygens (including phenoxy) is 1. The van der Waals surface area contributed by atoms with Crippen LogP contribution in [-0.2, 0) is 22.5 Å². The zero-order valence-corrected chi connectivity index (χ0v) is 27.4. The predicted octanol–water partition coefficient (Wildman–Crippen LogP) is 7.50. The lowest BCUT2D eigenvalue weighted by atomic mass is 9.81. The summed E-state index contributed by atoms with van der Waals surface area (Å²) >= 11 is 0. The summed E-state index contributed by atoms with van der Waals surface area (Å²) in [6, 6.07) is 6.94. The van der Waals surface area contributed by atoms with Crippen molar-refractivity contribution in [3.8, 4) is 11.1 Å². The van der Waals surface area contributed by atoms with E-state index in [1.54, 1.807) is 0 Å². The largest absolute Gasteiger partial charge is 0.479 e. The average Bonchev–Trinajstić information content (AvgIpc) is 3.54. The molecule has 1 unspecified atom stereocenters. The molecule has 4 aliphatic rings. The Bertz CT molecular complexity index is 1410. The molecule has 0 spiro atoms. The molecule has 1 saturated heterocycles. The number of carboxylic acids is 1. The zero-order valence-electron chi connectivity index (χ0n) is 27.4. The predicted molar refractivity (Wildman–Crippen MR) is 173 cm³/mol. The Morgan fingerprint density at radius 2 is 1.81 bits per heavy atom. The molecule has 2 aliphatic heterocycles. The molecule has 6 rings (SSSR count). The Balaban J connectivity index is 1.37. The first-order valence-electron chi connectivity index (χ1n) is 16.5. The molecular formula is C37H51N3O3. The molecule has 2 aromatic rings. The topological polar surface area (TPSA) is 65.9 Å². The lowest BCUT2D eigenvalue weighted by molar-refractivity contribution is -0.160. The van der Waals surface area contributed by atoms with Gasteiger partial charge in [0.1, 0.15) is 0 Å². The molecule has 4 atom stereocenters. The van der Waals surface area contributed by atoms with Crippen molar-refractivity contribution >= 4 is 11.7 Å². The van der Waals surface area contributed by atoms with Gasteiger partial charge in [-0.2, -0.15) is 0 Å². The summed E-state index contributed by atoms with van der Waals surface area (Å²) in [5.74, 6) is 1.45. The van der Waals surface area contributed by atoms with E-state index in [2.05, 4.69) is 60.9 Å². The molecule has 6 nitrogen and oxygen atoms in total. The third kappa shape index (κ3) is 6.28. The highest BCUT2D eigenvalue weighted by Crippen LogP contribution is 2.46. The van der Waals surface area contributed by atoms with Crippen molar-refractivity contribution in [2.45, 2.75) is 98.8 Å². The lowest BCUT2D eigenvalue weighted by Gasteiger charge is -2.41. The SMILES string of the molecule is Cc1nc(C)c(C(OC(C)(C)C)C(=O)O)c(N2CCC(C)(C)CC2)c1-c1ccc2c(c1)CCN(C[C@H]1C[C@H]3C=C[C@@H]1C3)C2. The Morgan fingerprint density at radius 3 is 2.44 bits per heavy atom. The van der Waals surface area contributed by atoms with E-state index in [0.29, 0.717) is 5.56 Å². The number of aromatic nitrogens is 1. The Morgan fingerprint density at radius 1 is 1.07 bits per heavy atom. The second-order valence-electron chi connectivity index (χ2n) is 15.5. The van der Waals surface area contributed by atoms with Crippen molar-refractivity contribution in [1.29, 1.82) is 0 Å². The van der Waals surface area contributed by atoms with Crippen LogP contribution in [0.4, 0.5) is 5.69 Å². The smallest absolute Gasteiger partial charge is 0.337 e. The molecule has 2 fully saturated rings. The van der Waals surface area contributed by atoms with Crippen LogP contribution in [0.15, 0.2) is 30.4 Å². The van der Waals surface area contributed by atoms with E-state index in [9.17, 15) is 9.90 Å². The highest BCUT2D eigenvalue weighted by molar-refractivity contribution is 5.88. The molecule has 232 valence electrons. The first-order chi connectivity index (χ1) is 20.3. The van der Waals surface area contributed by atoms with Gasteiger partial charge in [-0.3, -0.25) is 9.88 Å². The summed E-state index contributed by atoms with van der Waals surface area (Å²) < 4.78 is 6.27. The van der Waals surface area contributed by atoms with E-state index in [4.69, 9.17) is 9.72 Å². The number of hydrogen-bond acceptors (Lipinski definition) is 5. The number of aryl methyl sites for hydroxylation is 2. The summed E-state index contributed by atoms with van der Waals surface area (Å²) in [6.45, 7) is 19.5. The van der Waals surface area contributed by atoms with Crippen molar-refractivity contribution in [2.24, 2.45) is 23.2 Å². The molecule has 1 N–H and O–H groups in total. The number of piperidine rings is 1. The van der Waals surface area contributed by atoms with Crippen molar-refractivity contribution in [1.82, 2.24) is 9.88 Å². The number of fused-ring (bicyclic) bond motifs is 3. The number of carboxylic acid groups (broad SMARTS) is 1. The second kappa shape index (κ2) is 11.3. The molecule has 6 heteroatoms. The molecule has 1 aromatic carbocycles. The molecule has 3 heterocycles. The van der Waals surface area contributed by atoms with Gasteiger partial charge in [-0.15, -0.1) is 0 Å². The van der Waals surface area contributed by atoms with Crippen LogP contribution in [0.3, 0.4) is 0 Å². The monoisotopic (exact) mass is 585 g/mol. The average molecular weight is 586 g/mol. The van der Waals surface area contributed by atoms with Gasteiger partial charge in [-0.25, -0.2) is 4.79 Å². The van der Waals surface area contributed by atoms with Gasteiger partial charge in [0.25, 0.3) is 0 Å². The van der Waals surface area contributed by atoms with Gasteiger partial charge in [-0.05, 0) is 107 Å². The first-order valence-corrected chi connectivity index (χ1v) is 16.5. The highest BCUT2D eigenvalue weighted by atomic mass is 16.5. The fraction of sp³-hybridized carbons (Fsp3) is 0.622. The molecule has 1 saturated carbocycles. The fourth-order valence-electron chi connectivity index (χ4n) is 8.11. The standard InChI is InChI=1S/C37H51N3O3/c1-23-31(28-10-11-29-21-39(15-12-27(29)20-28)22-30-19-25-8-9-26(30)18-25)33(40-16-13-37(6,7)14-17-40)32(24(2)38-23)34(35(41)42)43-36(3,4)5/h8-11,20,25-26,30,34H,12-19,21-22H2,1-7H3,(H,41,42)/t25-,26+,30+,34?/m0/s1. The quantitative estimate of drug-likeness (QED) is 0.340. The number of rotatable bonds is 7. The lowest BCUT2D eigenvalue weighted by Crippen LogP contribution is -2.39. The number of carbonyl (C=O) groups is 1. The van der Waals surface area contributed by atoms with Crippen LogP contribution in [0.1, 0.15) is 94.5 Å². The maximum absolute atomic E-state index is 12.8.